The Balaban J connectivity index is 1.00. The second-order valence-electron chi connectivity index (χ2n) is 21.1. The van der Waals surface area contributed by atoms with E-state index in [9.17, 15) is 0 Å². The molecule has 328 valence electrons. The normalized spacial score (nSPS) is 15.4. The molecule has 0 atom stereocenters. The van der Waals surface area contributed by atoms with Crippen molar-refractivity contribution in [2.45, 2.75) is 71.6 Å². The number of para-hydroxylation sites is 3. The fourth-order valence-electron chi connectivity index (χ4n) is 13.2. The number of aromatic nitrogens is 1. The van der Waals surface area contributed by atoms with Crippen molar-refractivity contribution in [2.24, 2.45) is 0 Å². The average molecular weight is 879 g/mol. The zero-order valence-electron chi connectivity index (χ0n) is 39.7. The fourth-order valence-corrected chi connectivity index (χ4v) is 13.2. The Labute approximate surface area is 396 Å². The molecular formula is C64H50N2O2. The minimum atomic E-state index is -0.325. The van der Waals surface area contributed by atoms with Crippen LogP contribution in [0.2, 0.25) is 0 Å². The van der Waals surface area contributed by atoms with Crippen LogP contribution in [0.3, 0.4) is 0 Å². The molecule has 0 aliphatic heterocycles. The van der Waals surface area contributed by atoms with Gasteiger partial charge >= 0.3 is 0 Å². The highest BCUT2D eigenvalue weighted by molar-refractivity contribution is 6.21. The van der Waals surface area contributed by atoms with Gasteiger partial charge in [-0.15, -0.1) is 0 Å². The molecule has 0 spiro atoms. The third-order valence-corrected chi connectivity index (χ3v) is 16.3. The molecule has 0 fully saturated rings. The Bertz CT molecular complexity index is 4010. The number of fused-ring (bicyclic) bond motifs is 19. The van der Waals surface area contributed by atoms with Crippen molar-refractivity contribution in [2.75, 3.05) is 4.90 Å². The molecule has 0 bridgehead atoms. The maximum absolute atomic E-state index is 6.99. The molecule has 8 aromatic carbocycles. The second kappa shape index (κ2) is 13.3. The quantitative estimate of drug-likeness (QED) is 0.177. The third-order valence-electron chi connectivity index (χ3n) is 16.3. The number of hydrogen-bond donors (Lipinski definition) is 0. The van der Waals surface area contributed by atoms with Crippen LogP contribution >= 0.6 is 0 Å². The Morgan fingerprint density at radius 2 is 0.971 bits per heavy atom. The first-order chi connectivity index (χ1) is 32.9. The molecule has 4 heteroatoms. The highest BCUT2D eigenvalue weighted by Crippen LogP contribution is 2.64. The molecule has 0 saturated heterocycles. The fraction of sp³-hybridized carbons (Fsp3) is 0.172. The van der Waals surface area contributed by atoms with Crippen LogP contribution in [0.1, 0.15) is 86.1 Å². The molecule has 0 amide bonds. The van der Waals surface area contributed by atoms with E-state index < -0.39 is 0 Å². The van der Waals surface area contributed by atoms with E-state index in [1.54, 1.807) is 0 Å². The van der Waals surface area contributed by atoms with Crippen LogP contribution in [0.5, 0.6) is 0 Å². The van der Waals surface area contributed by atoms with E-state index >= 15 is 0 Å². The largest absolute Gasteiger partial charge is 0.455 e. The maximum atomic E-state index is 6.99. The maximum Gasteiger partial charge on any atom is 0.145 e. The van der Waals surface area contributed by atoms with E-state index in [2.05, 4.69) is 206 Å². The van der Waals surface area contributed by atoms with Gasteiger partial charge in [0.15, 0.2) is 0 Å². The molecule has 11 aromatic rings. The summed E-state index contributed by atoms with van der Waals surface area (Å²) in [6.07, 6.45) is 1.87. The van der Waals surface area contributed by atoms with Crippen molar-refractivity contribution >= 4 is 60.9 Å². The smallest absolute Gasteiger partial charge is 0.145 e. The zero-order chi connectivity index (χ0) is 46.2. The second-order valence-corrected chi connectivity index (χ2v) is 21.1. The number of rotatable bonds is 4. The Morgan fingerprint density at radius 3 is 1.65 bits per heavy atom. The van der Waals surface area contributed by atoms with Crippen LogP contribution in [0.25, 0.3) is 88.5 Å². The topological polar surface area (TPSA) is 42.4 Å². The lowest BCUT2D eigenvalue weighted by Crippen LogP contribution is -2.24. The molecule has 0 N–H and O–H groups in total. The van der Waals surface area contributed by atoms with Gasteiger partial charge in [-0.25, -0.2) is 0 Å². The van der Waals surface area contributed by atoms with Crippen molar-refractivity contribution in [3.63, 3.8) is 0 Å². The summed E-state index contributed by atoms with van der Waals surface area (Å²) >= 11 is 0. The van der Waals surface area contributed by atoms with E-state index in [0.717, 1.165) is 55.7 Å². The summed E-state index contributed by atoms with van der Waals surface area (Å²) in [5, 5.41) is 4.67. The molecule has 3 aliphatic carbocycles. The molecule has 68 heavy (non-hydrogen) atoms. The lowest BCUT2D eigenvalue weighted by atomic mass is 9.72. The first-order valence-corrected chi connectivity index (χ1v) is 24.0. The number of benzene rings is 8. The molecule has 14 rings (SSSR count). The lowest BCUT2D eigenvalue weighted by Gasteiger charge is -2.32. The SMILES string of the molecule is Cc1cccc(C)c1N(c1ccc2c(c1)C(C)(C)c1cc(-c3ccccn3)c3oc4ccccc4c3c1-2)c1ccc2c(c1)C(C)(C)c1c3c(c4oc5ccccc5c4c1-2)-c1ccccc1C3(C)C. The van der Waals surface area contributed by atoms with Crippen LogP contribution in [-0.2, 0) is 16.2 Å². The Kier molecular flexibility index (Phi) is 7.70. The highest BCUT2D eigenvalue weighted by Gasteiger charge is 2.49. The summed E-state index contributed by atoms with van der Waals surface area (Å²) in [5.74, 6) is 0. The van der Waals surface area contributed by atoms with E-state index in [-0.39, 0.29) is 16.2 Å². The standard InChI is InChI=1S/C64H50N2O2/c1-35-18-17-19-36(2)59(35)66(37-27-29-40-46(32-37)62(3,4)48-34-44(49-24-15-16-31-65-49)60-54(52(40)48)42-21-10-13-25-50(42)67-60)38-28-30-41-47(33-38)64(7,8)57-53(41)55-43-22-11-14-26-51(43)68-61(55)56-39-20-9-12-23-45(39)63(5,6)58(56)57/h9-34H,1-8H3. The average Bonchev–Trinajstić information content (AvgIpc) is 4.09. The van der Waals surface area contributed by atoms with Gasteiger partial charge < -0.3 is 13.7 Å². The summed E-state index contributed by atoms with van der Waals surface area (Å²) in [7, 11) is 0. The minimum Gasteiger partial charge on any atom is -0.455 e. The number of aryl methyl sites for hydroxylation is 2. The van der Waals surface area contributed by atoms with Crippen LogP contribution in [0.4, 0.5) is 17.1 Å². The van der Waals surface area contributed by atoms with Crippen molar-refractivity contribution in [3.05, 3.63) is 202 Å². The number of pyridine rings is 1. The molecule has 3 aromatic heterocycles. The van der Waals surface area contributed by atoms with Gasteiger partial charge in [0, 0.05) is 66.5 Å². The third kappa shape index (κ3) is 4.92. The highest BCUT2D eigenvalue weighted by atomic mass is 16.3. The Hall–Kier alpha value is -7.69. The van der Waals surface area contributed by atoms with Crippen molar-refractivity contribution in [1.29, 1.82) is 0 Å². The molecule has 4 nitrogen and oxygen atoms in total. The lowest BCUT2D eigenvalue weighted by molar-refractivity contribution is 0.600. The molecule has 3 aliphatic rings. The number of furan rings is 2. The summed E-state index contributed by atoms with van der Waals surface area (Å²) in [4.78, 5) is 7.37. The minimum absolute atomic E-state index is 0.225. The summed E-state index contributed by atoms with van der Waals surface area (Å²) in [6.45, 7) is 19.0. The zero-order valence-corrected chi connectivity index (χ0v) is 39.7. The monoisotopic (exact) mass is 878 g/mol. The van der Waals surface area contributed by atoms with Crippen LogP contribution in [0, 0.1) is 13.8 Å². The summed E-state index contributed by atoms with van der Waals surface area (Å²) < 4.78 is 13.8. The first-order valence-electron chi connectivity index (χ1n) is 24.0. The van der Waals surface area contributed by atoms with Crippen molar-refractivity contribution < 1.29 is 8.83 Å². The predicted molar refractivity (Wildman–Crippen MR) is 281 cm³/mol. The molecule has 0 radical (unpaired) electrons. The summed E-state index contributed by atoms with van der Waals surface area (Å²) in [5.41, 5.74) is 26.4. The first kappa shape index (κ1) is 39.5. The van der Waals surface area contributed by atoms with Gasteiger partial charge in [-0.05, 0) is 141 Å². The van der Waals surface area contributed by atoms with Crippen LogP contribution in [-0.4, -0.2) is 4.98 Å². The number of hydrogen-bond acceptors (Lipinski definition) is 4. The molecule has 0 unspecified atom stereocenters. The van der Waals surface area contributed by atoms with Gasteiger partial charge in [-0.2, -0.15) is 0 Å². The van der Waals surface area contributed by atoms with E-state index in [4.69, 9.17) is 13.8 Å². The molecular weight excluding hydrogens is 829 g/mol. The number of anilines is 3. The van der Waals surface area contributed by atoms with Crippen LogP contribution in [0.15, 0.2) is 167 Å². The predicted octanol–water partition coefficient (Wildman–Crippen LogP) is 17.6. The van der Waals surface area contributed by atoms with Crippen molar-refractivity contribution in [1.82, 2.24) is 4.98 Å². The van der Waals surface area contributed by atoms with Gasteiger partial charge in [0.05, 0.1) is 11.4 Å². The van der Waals surface area contributed by atoms with Gasteiger partial charge in [0.1, 0.15) is 22.3 Å². The van der Waals surface area contributed by atoms with Crippen LogP contribution < -0.4 is 4.90 Å². The van der Waals surface area contributed by atoms with Gasteiger partial charge in [-0.1, -0.05) is 139 Å². The van der Waals surface area contributed by atoms with Gasteiger partial charge in [-0.3, -0.25) is 4.98 Å². The Morgan fingerprint density at radius 1 is 0.426 bits per heavy atom. The van der Waals surface area contributed by atoms with E-state index in [1.807, 2.05) is 12.3 Å². The number of nitrogens with zero attached hydrogens (tertiary/aromatic N) is 2. The van der Waals surface area contributed by atoms with Gasteiger partial charge in [0.25, 0.3) is 0 Å². The van der Waals surface area contributed by atoms with E-state index in [1.165, 1.54) is 94.3 Å². The van der Waals surface area contributed by atoms with E-state index in [0.29, 0.717) is 0 Å². The molecule has 3 heterocycles. The van der Waals surface area contributed by atoms with Gasteiger partial charge in [0.2, 0.25) is 0 Å². The summed E-state index contributed by atoms with van der Waals surface area (Å²) in [6, 6.07) is 55.7. The van der Waals surface area contributed by atoms with Crippen molar-refractivity contribution in [3.8, 4) is 44.6 Å². The molecule has 0 saturated carbocycles.